The summed E-state index contributed by atoms with van der Waals surface area (Å²) < 4.78 is 37.5. The van der Waals surface area contributed by atoms with E-state index < -0.39 is 17.3 Å². The number of halogens is 3. The Kier molecular flexibility index (Phi) is 3.28. The van der Waals surface area contributed by atoms with Gasteiger partial charge in [0.1, 0.15) is 6.10 Å². The van der Waals surface area contributed by atoms with Crippen molar-refractivity contribution in [3.05, 3.63) is 16.1 Å². The second-order valence-corrected chi connectivity index (χ2v) is 5.98. The molecule has 3 saturated heterocycles. The molecular formula is C11H14F3N3OS. The van der Waals surface area contributed by atoms with Crippen LogP contribution in [0.15, 0.2) is 6.20 Å². The maximum Gasteiger partial charge on any atom is 0.443 e. The minimum Gasteiger partial charge on any atom is -0.386 e. The van der Waals surface area contributed by atoms with E-state index in [1.54, 1.807) is 0 Å². The average Bonchev–Trinajstić information content (AvgIpc) is 2.88. The molecule has 1 aromatic rings. The summed E-state index contributed by atoms with van der Waals surface area (Å²) in [6.45, 7) is 4.39. The molecule has 0 aromatic carbocycles. The Morgan fingerprint density at radius 1 is 1.32 bits per heavy atom. The Bertz CT molecular complexity index is 456. The minimum atomic E-state index is -4.43. The molecule has 19 heavy (non-hydrogen) atoms. The van der Waals surface area contributed by atoms with Crippen molar-refractivity contribution in [2.24, 2.45) is 0 Å². The van der Waals surface area contributed by atoms with Crippen LogP contribution < -0.4 is 0 Å². The van der Waals surface area contributed by atoms with E-state index in [2.05, 4.69) is 14.8 Å². The lowest BCUT2D eigenvalue weighted by molar-refractivity contribution is -0.137. The first-order chi connectivity index (χ1) is 8.95. The number of fused-ring (bicyclic) bond motifs is 3. The molecule has 2 bridgehead atoms. The second kappa shape index (κ2) is 4.69. The molecule has 4 heterocycles. The summed E-state index contributed by atoms with van der Waals surface area (Å²) in [5, 5.41) is 9.39. The number of aliphatic hydroxyl groups is 1. The van der Waals surface area contributed by atoms with Crippen molar-refractivity contribution in [1.29, 1.82) is 0 Å². The number of rotatable bonds is 2. The van der Waals surface area contributed by atoms with Gasteiger partial charge >= 0.3 is 6.18 Å². The van der Waals surface area contributed by atoms with Gasteiger partial charge in [0.2, 0.25) is 0 Å². The Balaban J connectivity index is 1.77. The van der Waals surface area contributed by atoms with Crippen molar-refractivity contribution >= 4 is 11.3 Å². The first-order valence-electron chi connectivity index (χ1n) is 6.12. The number of nitrogens with zero attached hydrogens (tertiary/aromatic N) is 3. The predicted molar refractivity (Wildman–Crippen MR) is 63.9 cm³/mol. The summed E-state index contributed by atoms with van der Waals surface area (Å²) in [6.07, 6.45) is -4.17. The van der Waals surface area contributed by atoms with Gasteiger partial charge in [-0.1, -0.05) is 0 Å². The van der Waals surface area contributed by atoms with Crippen LogP contribution in [-0.4, -0.2) is 58.7 Å². The van der Waals surface area contributed by atoms with Crippen LogP contribution in [0.1, 0.15) is 16.0 Å². The third-order valence-electron chi connectivity index (χ3n) is 3.74. The third-order valence-corrected chi connectivity index (χ3v) is 4.86. The second-order valence-electron chi connectivity index (χ2n) is 4.91. The zero-order valence-electron chi connectivity index (χ0n) is 10.1. The number of thiazole rings is 1. The fraction of sp³-hybridized carbons (Fsp3) is 0.727. The molecule has 3 aliphatic rings. The van der Waals surface area contributed by atoms with Gasteiger partial charge in [-0.15, -0.1) is 11.3 Å². The lowest BCUT2D eigenvalue weighted by Crippen LogP contribution is -2.62. The zero-order valence-corrected chi connectivity index (χ0v) is 10.9. The van der Waals surface area contributed by atoms with E-state index in [0.29, 0.717) is 22.8 Å². The fourth-order valence-electron chi connectivity index (χ4n) is 2.70. The number of hydrogen-bond donors (Lipinski definition) is 1. The lowest BCUT2D eigenvalue weighted by Gasteiger charge is -2.48. The minimum absolute atomic E-state index is 0.121. The van der Waals surface area contributed by atoms with E-state index in [1.165, 1.54) is 0 Å². The molecule has 106 valence electrons. The summed E-state index contributed by atoms with van der Waals surface area (Å²) in [6, 6.07) is -0.121. The molecule has 1 N–H and O–H groups in total. The van der Waals surface area contributed by atoms with Gasteiger partial charge in [0.15, 0.2) is 5.01 Å². The van der Waals surface area contributed by atoms with E-state index in [-0.39, 0.29) is 6.04 Å². The van der Waals surface area contributed by atoms with Gasteiger partial charge in [0.05, 0.1) is 10.9 Å². The smallest absolute Gasteiger partial charge is 0.386 e. The Hall–Kier alpha value is -0.700. The summed E-state index contributed by atoms with van der Waals surface area (Å²) in [5.74, 6) is 0. The average molecular weight is 293 g/mol. The largest absolute Gasteiger partial charge is 0.443 e. The molecule has 0 amide bonds. The van der Waals surface area contributed by atoms with E-state index >= 15 is 0 Å². The van der Waals surface area contributed by atoms with Gasteiger partial charge in [-0.2, -0.15) is 13.2 Å². The number of piperazine rings is 3. The van der Waals surface area contributed by atoms with E-state index in [9.17, 15) is 18.3 Å². The molecule has 3 aliphatic heterocycles. The SMILES string of the molecule is OC(c1cnc(C(F)(F)F)s1)C1CN2CCN1CC2. The van der Waals surface area contributed by atoms with Gasteiger partial charge in [-0.3, -0.25) is 9.80 Å². The van der Waals surface area contributed by atoms with E-state index in [0.717, 1.165) is 32.4 Å². The lowest BCUT2D eigenvalue weighted by atomic mass is 10.0. The molecule has 2 unspecified atom stereocenters. The van der Waals surface area contributed by atoms with Crippen LogP contribution in [-0.2, 0) is 6.18 Å². The van der Waals surface area contributed by atoms with Gasteiger partial charge in [-0.05, 0) is 0 Å². The van der Waals surface area contributed by atoms with Crippen molar-refractivity contribution < 1.29 is 18.3 Å². The van der Waals surface area contributed by atoms with Crippen LogP contribution >= 0.6 is 11.3 Å². The highest BCUT2D eigenvalue weighted by atomic mass is 32.1. The predicted octanol–water partition coefficient (Wildman–Crippen LogP) is 1.20. The molecule has 8 heteroatoms. The maximum absolute atomic E-state index is 12.5. The topological polar surface area (TPSA) is 39.6 Å². The van der Waals surface area contributed by atoms with Gasteiger partial charge < -0.3 is 5.11 Å². The number of aromatic nitrogens is 1. The Labute approximate surface area is 112 Å². The van der Waals surface area contributed by atoms with Gasteiger partial charge in [-0.25, -0.2) is 4.98 Å². The zero-order chi connectivity index (χ0) is 13.6. The molecule has 3 fully saturated rings. The maximum atomic E-state index is 12.5. The summed E-state index contributed by atoms with van der Waals surface area (Å²) in [4.78, 5) is 8.05. The molecule has 4 rings (SSSR count). The highest BCUT2D eigenvalue weighted by molar-refractivity contribution is 7.11. The third kappa shape index (κ3) is 2.49. The Morgan fingerprint density at radius 2 is 2.00 bits per heavy atom. The number of alkyl halides is 3. The Morgan fingerprint density at radius 3 is 2.47 bits per heavy atom. The van der Waals surface area contributed by atoms with E-state index in [1.807, 2.05) is 0 Å². The van der Waals surface area contributed by atoms with Crippen LogP contribution in [0.3, 0.4) is 0 Å². The van der Waals surface area contributed by atoms with Crippen molar-refractivity contribution in [1.82, 2.24) is 14.8 Å². The highest BCUT2D eigenvalue weighted by Crippen LogP contribution is 2.36. The first kappa shape index (κ1) is 13.3. The summed E-state index contributed by atoms with van der Waals surface area (Å²) in [5.41, 5.74) is 0. The summed E-state index contributed by atoms with van der Waals surface area (Å²) >= 11 is 0.538. The van der Waals surface area contributed by atoms with Crippen molar-refractivity contribution in [3.8, 4) is 0 Å². The summed E-state index contributed by atoms with van der Waals surface area (Å²) in [7, 11) is 0. The first-order valence-corrected chi connectivity index (χ1v) is 6.94. The molecule has 1 aromatic heterocycles. The van der Waals surface area contributed by atoms with Crippen LogP contribution in [0.25, 0.3) is 0 Å². The van der Waals surface area contributed by atoms with E-state index in [4.69, 9.17) is 0 Å². The van der Waals surface area contributed by atoms with Crippen molar-refractivity contribution in [2.45, 2.75) is 18.3 Å². The van der Waals surface area contributed by atoms with Crippen LogP contribution in [0.5, 0.6) is 0 Å². The molecule has 0 spiro atoms. The molecule has 0 aliphatic carbocycles. The fourth-order valence-corrected chi connectivity index (χ4v) is 3.53. The van der Waals surface area contributed by atoms with Crippen molar-refractivity contribution in [3.63, 3.8) is 0 Å². The van der Waals surface area contributed by atoms with Gasteiger partial charge in [0.25, 0.3) is 0 Å². The molecule has 0 saturated carbocycles. The molecule has 2 atom stereocenters. The quantitative estimate of drug-likeness (QED) is 0.889. The molecule has 0 radical (unpaired) electrons. The van der Waals surface area contributed by atoms with Crippen LogP contribution in [0, 0.1) is 0 Å². The van der Waals surface area contributed by atoms with Crippen LogP contribution in [0.4, 0.5) is 13.2 Å². The van der Waals surface area contributed by atoms with Crippen LogP contribution in [0.2, 0.25) is 0 Å². The normalized spacial score (nSPS) is 32.5. The monoisotopic (exact) mass is 293 g/mol. The molecular weight excluding hydrogens is 279 g/mol. The molecule has 4 nitrogen and oxygen atoms in total. The number of hydrogen-bond acceptors (Lipinski definition) is 5. The standard InChI is InChI=1S/C11H14F3N3OS/c12-11(13,14)10-15-5-8(19-10)9(18)7-6-16-1-3-17(7)4-2-16/h5,7,9,18H,1-4,6H2. The highest BCUT2D eigenvalue weighted by Gasteiger charge is 2.39. The van der Waals surface area contributed by atoms with Gasteiger partial charge in [0, 0.05) is 38.9 Å². The number of aliphatic hydroxyl groups excluding tert-OH is 1. The van der Waals surface area contributed by atoms with Crippen molar-refractivity contribution in [2.75, 3.05) is 32.7 Å².